The monoisotopic (exact) mass is 296 g/mol. The van der Waals surface area contributed by atoms with Crippen LogP contribution >= 0.6 is 11.8 Å². The van der Waals surface area contributed by atoms with Crippen molar-refractivity contribution in [3.05, 3.63) is 29.8 Å². The first-order valence-electron chi connectivity index (χ1n) is 6.33. The molecule has 1 aromatic rings. The van der Waals surface area contributed by atoms with Crippen LogP contribution in [0.2, 0.25) is 0 Å². The Morgan fingerprint density at radius 1 is 1.32 bits per heavy atom. The summed E-state index contributed by atoms with van der Waals surface area (Å²) in [5.41, 5.74) is 0.704. The largest absolute Gasteiger partial charge is 0.264 e. The van der Waals surface area contributed by atoms with E-state index in [1.807, 2.05) is 23.9 Å². The van der Waals surface area contributed by atoms with E-state index < -0.39 is 10.0 Å². The Morgan fingerprint density at radius 3 is 2.84 bits per heavy atom. The van der Waals surface area contributed by atoms with Crippen molar-refractivity contribution in [1.82, 2.24) is 4.72 Å². The lowest BCUT2D eigenvalue weighted by atomic mass is 10.2. The van der Waals surface area contributed by atoms with Crippen LogP contribution in [0.5, 0.6) is 0 Å². The van der Waals surface area contributed by atoms with E-state index in [1.165, 1.54) is 0 Å². The zero-order valence-electron chi connectivity index (χ0n) is 10.7. The fourth-order valence-corrected chi connectivity index (χ4v) is 4.69. The van der Waals surface area contributed by atoms with Crippen molar-refractivity contribution >= 4 is 27.6 Å². The number of sulfonamides is 1. The van der Waals surface area contributed by atoms with E-state index in [-0.39, 0.29) is 6.04 Å². The Balaban J connectivity index is 1.92. The number of fused-ring (bicyclic) bond motifs is 1. The van der Waals surface area contributed by atoms with Gasteiger partial charge in [-0.1, -0.05) is 12.1 Å². The van der Waals surface area contributed by atoms with Crippen LogP contribution in [0.4, 0.5) is 0 Å². The molecule has 1 aliphatic heterocycles. The highest BCUT2D eigenvalue weighted by Crippen LogP contribution is 2.31. The fourth-order valence-electron chi connectivity index (χ4n) is 2.66. The van der Waals surface area contributed by atoms with Crippen LogP contribution in [0.25, 0.3) is 0 Å². The van der Waals surface area contributed by atoms with Crippen molar-refractivity contribution in [3.63, 3.8) is 0 Å². The number of nitrogens with one attached hydrogen (secondary N) is 1. The van der Waals surface area contributed by atoms with Crippen molar-refractivity contribution in [2.75, 3.05) is 6.26 Å². The summed E-state index contributed by atoms with van der Waals surface area (Å²) in [4.78, 5) is 4.96. The summed E-state index contributed by atoms with van der Waals surface area (Å²) in [6.07, 6.45) is 5.36. The van der Waals surface area contributed by atoms with Crippen LogP contribution in [-0.2, 0) is 10.0 Å². The predicted octanol–water partition coefficient (Wildman–Crippen LogP) is 2.01. The van der Waals surface area contributed by atoms with Crippen LogP contribution in [0.3, 0.4) is 0 Å². The minimum atomic E-state index is -3.40. The Bertz CT molecular complexity index is 625. The lowest BCUT2D eigenvalue weighted by Crippen LogP contribution is -2.23. The van der Waals surface area contributed by atoms with Crippen molar-refractivity contribution in [3.8, 4) is 0 Å². The molecule has 1 aromatic carbocycles. The van der Waals surface area contributed by atoms with Gasteiger partial charge in [0.05, 0.1) is 10.9 Å². The lowest BCUT2D eigenvalue weighted by Gasteiger charge is -2.06. The summed E-state index contributed by atoms with van der Waals surface area (Å²) in [5, 5.41) is 0.655. The highest BCUT2D eigenvalue weighted by atomic mass is 32.2. The smallest absolute Gasteiger partial charge is 0.263 e. The maximum atomic E-state index is 12.0. The SMILES string of the molecule is CSC1CCC(N=C2NS(=O)(=O)c3ccccc32)C1. The van der Waals surface area contributed by atoms with E-state index in [4.69, 9.17) is 0 Å². The lowest BCUT2D eigenvalue weighted by molar-refractivity contribution is 0.595. The molecule has 2 atom stereocenters. The van der Waals surface area contributed by atoms with Crippen molar-refractivity contribution < 1.29 is 8.42 Å². The second-order valence-corrected chi connectivity index (χ2v) is 7.69. The first kappa shape index (κ1) is 13.0. The average molecular weight is 296 g/mol. The molecule has 3 rings (SSSR count). The minimum Gasteiger partial charge on any atom is -0.264 e. The van der Waals surface area contributed by atoms with Crippen LogP contribution in [-0.4, -0.2) is 31.8 Å². The maximum Gasteiger partial charge on any atom is 0.263 e. The van der Waals surface area contributed by atoms with Gasteiger partial charge in [-0.2, -0.15) is 11.8 Å². The number of thioether (sulfide) groups is 1. The molecule has 0 radical (unpaired) electrons. The molecule has 1 fully saturated rings. The molecule has 4 nitrogen and oxygen atoms in total. The summed E-state index contributed by atoms with van der Waals surface area (Å²) >= 11 is 1.87. The molecule has 102 valence electrons. The number of rotatable bonds is 2. The Hall–Kier alpha value is -1.01. The van der Waals surface area contributed by atoms with Crippen LogP contribution < -0.4 is 4.72 Å². The number of aliphatic imine (C=N–C) groups is 1. The molecule has 0 amide bonds. The number of hydrogen-bond donors (Lipinski definition) is 1. The summed E-state index contributed by atoms with van der Waals surface area (Å²) in [5.74, 6) is 0.516. The fraction of sp³-hybridized carbons (Fsp3) is 0.462. The normalized spacial score (nSPS) is 30.3. The summed E-state index contributed by atoms with van der Waals surface area (Å²) in [6, 6.07) is 7.25. The highest BCUT2D eigenvalue weighted by molar-refractivity contribution is 7.99. The van der Waals surface area contributed by atoms with E-state index in [9.17, 15) is 8.42 Å². The third-order valence-corrected chi connectivity index (χ3v) is 6.16. The van der Waals surface area contributed by atoms with E-state index >= 15 is 0 Å². The molecule has 1 saturated carbocycles. The van der Waals surface area contributed by atoms with Gasteiger partial charge in [0.2, 0.25) is 0 Å². The van der Waals surface area contributed by atoms with E-state index in [2.05, 4.69) is 16.0 Å². The maximum absolute atomic E-state index is 12.0. The van der Waals surface area contributed by atoms with Gasteiger partial charge < -0.3 is 0 Å². The number of nitrogens with zero attached hydrogens (tertiary/aromatic N) is 1. The summed E-state index contributed by atoms with van der Waals surface area (Å²) < 4.78 is 26.5. The van der Waals surface area contributed by atoms with Gasteiger partial charge in [0.1, 0.15) is 5.84 Å². The minimum absolute atomic E-state index is 0.237. The van der Waals surface area contributed by atoms with Gasteiger partial charge in [-0.05, 0) is 37.7 Å². The van der Waals surface area contributed by atoms with Gasteiger partial charge in [0, 0.05) is 10.8 Å². The number of benzene rings is 1. The molecule has 0 saturated heterocycles. The van der Waals surface area contributed by atoms with Crippen molar-refractivity contribution in [2.45, 2.75) is 35.4 Å². The van der Waals surface area contributed by atoms with Gasteiger partial charge in [-0.15, -0.1) is 0 Å². The van der Waals surface area contributed by atoms with E-state index in [1.54, 1.807) is 12.1 Å². The average Bonchev–Trinajstić information content (AvgIpc) is 2.94. The van der Waals surface area contributed by atoms with Crippen LogP contribution in [0, 0.1) is 0 Å². The van der Waals surface area contributed by atoms with Crippen LogP contribution in [0.1, 0.15) is 24.8 Å². The van der Waals surface area contributed by atoms with Gasteiger partial charge in [0.15, 0.2) is 0 Å². The van der Waals surface area contributed by atoms with Gasteiger partial charge in [-0.3, -0.25) is 9.71 Å². The molecule has 2 aliphatic rings. The molecular formula is C13H16N2O2S2. The van der Waals surface area contributed by atoms with Gasteiger partial charge >= 0.3 is 0 Å². The molecule has 1 aliphatic carbocycles. The molecule has 1 heterocycles. The summed E-state index contributed by atoms with van der Waals surface area (Å²) in [7, 11) is -3.40. The standard InChI is InChI=1S/C13H16N2O2S2/c1-18-10-7-6-9(8-10)14-13-11-4-2-3-5-12(11)19(16,17)15-13/h2-5,9-10H,6-8H2,1H3,(H,14,15). The number of amidine groups is 1. The first-order chi connectivity index (χ1) is 9.10. The molecule has 0 aromatic heterocycles. The van der Waals surface area contributed by atoms with E-state index in [0.29, 0.717) is 21.5 Å². The molecule has 0 spiro atoms. The third kappa shape index (κ3) is 2.39. The molecular weight excluding hydrogens is 280 g/mol. The second kappa shape index (κ2) is 4.83. The Morgan fingerprint density at radius 2 is 2.11 bits per heavy atom. The topological polar surface area (TPSA) is 58.5 Å². The highest BCUT2D eigenvalue weighted by Gasteiger charge is 2.32. The Labute approximate surface area is 117 Å². The second-order valence-electron chi connectivity index (χ2n) is 4.90. The summed E-state index contributed by atoms with van der Waals surface area (Å²) in [6.45, 7) is 0. The molecule has 1 N–H and O–H groups in total. The number of hydrogen-bond acceptors (Lipinski definition) is 4. The zero-order chi connectivity index (χ0) is 13.5. The zero-order valence-corrected chi connectivity index (χ0v) is 12.3. The van der Waals surface area contributed by atoms with Gasteiger partial charge in [-0.25, -0.2) is 8.42 Å². The van der Waals surface area contributed by atoms with Crippen molar-refractivity contribution in [2.24, 2.45) is 4.99 Å². The van der Waals surface area contributed by atoms with Gasteiger partial charge in [0.25, 0.3) is 10.0 Å². The molecule has 19 heavy (non-hydrogen) atoms. The van der Waals surface area contributed by atoms with Crippen molar-refractivity contribution in [1.29, 1.82) is 0 Å². The van der Waals surface area contributed by atoms with E-state index in [0.717, 1.165) is 19.3 Å². The molecule has 2 unspecified atom stereocenters. The predicted molar refractivity (Wildman–Crippen MR) is 78.2 cm³/mol. The quantitative estimate of drug-likeness (QED) is 0.908. The first-order valence-corrected chi connectivity index (χ1v) is 9.10. The third-order valence-electron chi connectivity index (χ3n) is 3.66. The molecule has 0 bridgehead atoms. The Kier molecular flexibility index (Phi) is 3.30. The van der Waals surface area contributed by atoms with Crippen LogP contribution in [0.15, 0.2) is 34.2 Å². The molecule has 6 heteroatoms.